The predicted molar refractivity (Wildman–Crippen MR) is 113 cm³/mol. The van der Waals surface area contributed by atoms with E-state index in [2.05, 4.69) is 29.8 Å². The van der Waals surface area contributed by atoms with E-state index in [1.54, 1.807) is 18.2 Å². The molecule has 1 atom stereocenters. The van der Waals surface area contributed by atoms with Crippen LogP contribution >= 0.6 is 11.8 Å². The minimum Gasteiger partial charge on any atom is -0.308 e. The van der Waals surface area contributed by atoms with Crippen molar-refractivity contribution in [3.8, 4) is 11.4 Å². The van der Waals surface area contributed by atoms with E-state index in [0.29, 0.717) is 17.5 Å². The molecule has 0 spiro atoms. The van der Waals surface area contributed by atoms with Crippen LogP contribution in [-0.4, -0.2) is 32.5 Å². The molecule has 2 heterocycles. The molecule has 7 heteroatoms. The molecular formula is C22H21FN4OS. The number of halogens is 1. The molecule has 0 saturated heterocycles. The van der Waals surface area contributed by atoms with Gasteiger partial charge in [0.1, 0.15) is 5.82 Å². The summed E-state index contributed by atoms with van der Waals surface area (Å²) in [6, 6.07) is 14.3. The molecule has 1 aliphatic heterocycles. The van der Waals surface area contributed by atoms with Crippen molar-refractivity contribution in [3.05, 3.63) is 72.6 Å². The van der Waals surface area contributed by atoms with Crippen molar-refractivity contribution in [1.82, 2.24) is 14.8 Å². The van der Waals surface area contributed by atoms with Crippen LogP contribution in [0.4, 0.5) is 10.1 Å². The number of carbonyl (C=O) groups is 1. The SMILES string of the molecule is C=CCn1c(SCC(=O)N2c3ccccc3C[C@H]2C)nnc1-c1ccc(F)cc1. The third-order valence-corrected chi connectivity index (χ3v) is 5.88. The average molecular weight is 409 g/mol. The van der Waals surface area contributed by atoms with Crippen molar-refractivity contribution in [2.45, 2.75) is 31.1 Å². The van der Waals surface area contributed by atoms with Crippen LogP contribution in [0.3, 0.4) is 0 Å². The van der Waals surface area contributed by atoms with Crippen LogP contribution in [0.2, 0.25) is 0 Å². The van der Waals surface area contributed by atoms with Crippen molar-refractivity contribution in [3.63, 3.8) is 0 Å². The molecule has 2 aromatic carbocycles. The molecule has 148 valence electrons. The molecule has 0 saturated carbocycles. The quantitative estimate of drug-likeness (QED) is 0.450. The first-order valence-corrected chi connectivity index (χ1v) is 10.4. The first kappa shape index (κ1) is 19.4. The van der Waals surface area contributed by atoms with E-state index in [9.17, 15) is 9.18 Å². The monoisotopic (exact) mass is 408 g/mol. The molecule has 0 fully saturated rings. The van der Waals surface area contributed by atoms with Crippen LogP contribution in [0.1, 0.15) is 12.5 Å². The Morgan fingerprint density at radius 1 is 1.24 bits per heavy atom. The van der Waals surface area contributed by atoms with E-state index < -0.39 is 0 Å². The molecule has 0 bridgehead atoms. The first-order valence-electron chi connectivity index (χ1n) is 9.41. The van der Waals surface area contributed by atoms with Crippen LogP contribution in [0.25, 0.3) is 11.4 Å². The minimum absolute atomic E-state index is 0.0453. The van der Waals surface area contributed by atoms with Gasteiger partial charge in [0.05, 0.1) is 5.75 Å². The van der Waals surface area contributed by atoms with Crippen LogP contribution < -0.4 is 4.90 Å². The maximum absolute atomic E-state index is 13.2. The third-order valence-electron chi connectivity index (χ3n) is 4.93. The zero-order valence-corrected chi connectivity index (χ0v) is 16.9. The lowest BCUT2D eigenvalue weighted by atomic mass is 10.1. The predicted octanol–water partition coefficient (Wildman–Crippen LogP) is 4.34. The molecule has 29 heavy (non-hydrogen) atoms. The normalized spacial score (nSPS) is 15.4. The number of rotatable bonds is 6. The number of para-hydroxylation sites is 1. The fourth-order valence-corrected chi connectivity index (χ4v) is 4.45. The number of allylic oxidation sites excluding steroid dienone is 1. The molecule has 0 N–H and O–H groups in total. The zero-order chi connectivity index (χ0) is 20.4. The summed E-state index contributed by atoms with van der Waals surface area (Å²) in [6.45, 7) is 6.36. The van der Waals surface area contributed by atoms with Crippen LogP contribution in [0.5, 0.6) is 0 Å². The highest BCUT2D eigenvalue weighted by atomic mass is 32.2. The van der Waals surface area contributed by atoms with E-state index >= 15 is 0 Å². The molecule has 5 nitrogen and oxygen atoms in total. The molecular weight excluding hydrogens is 387 g/mol. The van der Waals surface area contributed by atoms with Crippen LogP contribution in [-0.2, 0) is 17.8 Å². The highest BCUT2D eigenvalue weighted by molar-refractivity contribution is 7.99. The van der Waals surface area contributed by atoms with E-state index in [4.69, 9.17) is 0 Å². The van der Waals surface area contributed by atoms with Gasteiger partial charge in [0.15, 0.2) is 11.0 Å². The summed E-state index contributed by atoms with van der Waals surface area (Å²) in [7, 11) is 0. The number of fused-ring (bicyclic) bond motifs is 1. The number of thioether (sulfide) groups is 1. The fourth-order valence-electron chi connectivity index (χ4n) is 3.64. The Labute approximate surface area is 173 Å². The molecule has 0 unspecified atom stereocenters. The fraction of sp³-hybridized carbons (Fsp3) is 0.227. The second-order valence-corrected chi connectivity index (χ2v) is 7.89. The van der Waals surface area contributed by atoms with Crippen molar-refractivity contribution in [2.24, 2.45) is 0 Å². The summed E-state index contributed by atoms with van der Waals surface area (Å²) < 4.78 is 15.1. The lowest BCUT2D eigenvalue weighted by Gasteiger charge is -2.22. The van der Waals surface area contributed by atoms with Gasteiger partial charge in [-0.3, -0.25) is 9.36 Å². The van der Waals surface area contributed by atoms with Crippen molar-refractivity contribution < 1.29 is 9.18 Å². The van der Waals surface area contributed by atoms with Gasteiger partial charge >= 0.3 is 0 Å². The van der Waals surface area contributed by atoms with Gasteiger partial charge in [-0.2, -0.15) is 0 Å². The van der Waals surface area contributed by atoms with Gasteiger partial charge in [-0.15, -0.1) is 16.8 Å². The molecule has 1 aromatic heterocycles. The maximum atomic E-state index is 13.2. The second-order valence-electron chi connectivity index (χ2n) is 6.95. The van der Waals surface area contributed by atoms with Crippen molar-refractivity contribution in [1.29, 1.82) is 0 Å². The lowest BCUT2D eigenvalue weighted by Crippen LogP contribution is -2.37. The molecule has 3 aromatic rings. The third kappa shape index (κ3) is 3.82. The maximum Gasteiger partial charge on any atom is 0.237 e. The number of benzene rings is 2. The Morgan fingerprint density at radius 2 is 2.00 bits per heavy atom. The zero-order valence-electron chi connectivity index (χ0n) is 16.1. The molecule has 1 amide bonds. The van der Waals surface area contributed by atoms with Crippen molar-refractivity contribution in [2.75, 3.05) is 10.7 Å². The van der Waals surface area contributed by atoms with E-state index in [1.807, 2.05) is 27.7 Å². The van der Waals surface area contributed by atoms with Gasteiger partial charge in [0.25, 0.3) is 0 Å². The number of anilines is 1. The second kappa shape index (κ2) is 8.21. The molecule has 0 radical (unpaired) electrons. The van der Waals surface area contributed by atoms with Crippen LogP contribution in [0.15, 0.2) is 66.3 Å². The summed E-state index contributed by atoms with van der Waals surface area (Å²) in [5.41, 5.74) is 2.96. The topological polar surface area (TPSA) is 51.0 Å². The average Bonchev–Trinajstić information content (AvgIpc) is 3.27. The van der Waals surface area contributed by atoms with Crippen molar-refractivity contribution >= 4 is 23.4 Å². The first-order chi connectivity index (χ1) is 14.1. The number of hydrogen-bond donors (Lipinski definition) is 0. The summed E-state index contributed by atoms with van der Waals surface area (Å²) in [6.07, 6.45) is 2.62. The Bertz CT molecular complexity index is 1050. The lowest BCUT2D eigenvalue weighted by molar-refractivity contribution is -0.116. The number of hydrogen-bond acceptors (Lipinski definition) is 4. The highest BCUT2D eigenvalue weighted by Crippen LogP contribution is 2.33. The standard InChI is InChI=1S/C22H21FN4OS/c1-3-12-26-21(16-8-10-18(23)11-9-16)24-25-22(26)29-14-20(28)27-15(2)13-17-6-4-5-7-19(17)27/h3-11,15H,1,12-14H2,2H3/t15-/m1/s1. The summed E-state index contributed by atoms with van der Waals surface area (Å²) in [4.78, 5) is 14.8. The Balaban J connectivity index is 1.53. The van der Waals surface area contributed by atoms with Crippen LogP contribution in [0, 0.1) is 5.82 Å². The Kier molecular flexibility index (Phi) is 5.49. The summed E-state index contributed by atoms with van der Waals surface area (Å²) in [5.74, 6) is 0.629. The number of carbonyl (C=O) groups excluding carboxylic acids is 1. The van der Waals surface area contributed by atoms with Gasteiger partial charge in [-0.05, 0) is 49.2 Å². The van der Waals surface area contributed by atoms with Gasteiger partial charge < -0.3 is 4.90 Å². The number of nitrogens with zero attached hydrogens (tertiary/aromatic N) is 4. The minimum atomic E-state index is -0.302. The number of amides is 1. The van der Waals surface area contributed by atoms with E-state index in [0.717, 1.165) is 17.7 Å². The van der Waals surface area contributed by atoms with Gasteiger partial charge in [-0.25, -0.2) is 4.39 Å². The van der Waals surface area contributed by atoms with E-state index in [1.165, 1.54) is 29.5 Å². The number of aromatic nitrogens is 3. The van der Waals surface area contributed by atoms with E-state index in [-0.39, 0.29) is 23.5 Å². The van der Waals surface area contributed by atoms with Gasteiger partial charge in [-0.1, -0.05) is 36.0 Å². The largest absolute Gasteiger partial charge is 0.308 e. The molecule has 1 aliphatic rings. The Morgan fingerprint density at radius 3 is 2.76 bits per heavy atom. The van der Waals surface area contributed by atoms with Gasteiger partial charge in [0.2, 0.25) is 5.91 Å². The highest BCUT2D eigenvalue weighted by Gasteiger charge is 2.30. The molecule has 4 rings (SSSR count). The summed E-state index contributed by atoms with van der Waals surface area (Å²) in [5, 5.41) is 9.15. The Hall–Kier alpha value is -2.93. The smallest absolute Gasteiger partial charge is 0.237 e. The molecule has 0 aliphatic carbocycles. The van der Waals surface area contributed by atoms with Gasteiger partial charge in [0, 0.05) is 23.8 Å². The summed E-state index contributed by atoms with van der Waals surface area (Å²) >= 11 is 1.35.